The summed E-state index contributed by atoms with van der Waals surface area (Å²) in [5.74, 6) is 1.59. The van der Waals surface area contributed by atoms with Crippen LogP contribution in [0.5, 0.6) is 5.75 Å². The van der Waals surface area contributed by atoms with Gasteiger partial charge in [-0.2, -0.15) is 0 Å². The Kier molecular flexibility index (Phi) is 6.87. The van der Waals surface area contributed by atoms with E-state index in [0.717, 1.165) is 22.6 Å². The van der Waals surface area contributed by atoms with E-state index in [0.29, 0.717) is 13.1 Å². The number of nitrogens with one attached hydrogen (secondary N) is 1. The molecule has 3 aromatic rings. The number of furan rings is 1. The van der Waals surface area contributed by atoms with E-state index in [4.69, 9.17) is 9.15 Å². The first-order chi connectivity index (χ1) is 13.7. The maximum atomic E-state index is 13.0. The van der Waals surface area contributed by atoms with Gasteiger partial charge < -0.3 is 19.4 Å². The lowest BCUT2D eigenvalue weighted by atomic mass is 10.1. The van der Waals surface area contributed by atoms with E-state index in [1.54, 1.807) is 18.3 Å². The quantitative estimate of drug-likeness (QED) is 0.607. The number of rotatable bonds is 9. The van der Waals surface area contributed by atoms with Gasteiger partial charge in [0.25, 0.3) is 0 Å². The van der Waals surface area contributed by atoms with Gasteiger partial charge in [-0.3, -0.25) is 4.79 Å². The molecule has 1 atom stereocenters. The number of methoxy groups -OCH3 is 1. The van der Waals surface area contributed by atoms with Gasteiger partial charge in [-0.15, -0.1) is 0 Å². The number of nitrogens with zero attached hydrogens (tertiary/aromatic N) is 1. The highest BCUT2D eigenvalue weighted by Gasteiger charge is 2.18. The van der Waals surface area contributed by atoms with Crippen LogP contribution in [-0.2, 0) is 17.9 Å². The summed E-state index contributed by atoms with van der Waals surface area (Å²) in [4.78, 5) is 14.8. The molecule has 3 rings (SSSR count). The second-order valence-corrected chi connectivity index (χ2v) is 6.66. The Balaban J connectivity index is 1.66. The Morgan fingerprint density at radius 2 is 1.79 bits per heavy atom. The third-order valence-corrected chi connectivity index (χ3v) is 4.66. The fourth-order valence-corrected chi connectivity index (χ4v) is 3.11. The molecular formula is C23H26N2O3. The first-order valence-corrected chi connectivity index (χ1v) is 9.37. The average molecular weight is 378 g/mol. The fraction of sp³-hybridized carbons (Fsp3) is 0.261. The van der Waals surface area contributed by atoms with Gasteiger partial charge in [0.05, 0.1) is 26.5 Å². The third-order valence-electron chi connectivity index (χ3n) is 4.66. The van der Waals surface area contributed by atoms with Crippen LogP contribution in [0.4, 0.5) is 0 Å². The highest BCUT2D eigenvalue weighted by molar-refractivity contribution is 5.78. The molecule has 1 N–H and O–H groups in total. The standard InChI is InChI=1S/C23H26N2O3/c1-18(21-12-6-7-13-22(21)27-2)24-15-23(26)25(17-20-11-8-14-28-20)16-19-9-4-3-5-10-19/h3-14,18,24H,15-17H2,1-2H3. The van der Waals surface area contributed by atoms with Crippen molar-refractivity contribution in [2.24, 2.45) is 0 Å². The Morgan fingerprint density at radius 3 is 2.50 bits per heavy atom. The lowest BCUT2D eigenvalue weighted by molar-refractivity contribution is -0.131. The molecule has 0 fully saturated rings. The zero-order chi connectivity index (χ0) is 19.8. The molecule has 0 saturated carbocycles. The van der Waals surface area contributed by atoms with Crippen LogP contribution in [0.3, 0.4) is 0 Å². The second-order valence-electron chi connectivity index (χ2n) is 6.66. The first kappa shape index (κ1) is 19.7. The SMILES string of the molecule is COc1ccccc1C(C)NCC(=O)N(Cc1ccccc1)Cc1ccco1. The molecule has 1 unspecified atom stereocenters. The van der Waals surface area contributed by atoms with Crippen LogP contribution in [-0.4, -0.2) is 24.5 Å². The molecule has 0 aliphatic rings. The van der Waals surface area contributed by atoms with Crippen LogP contribution in [0.1, 0.15) is 29.9 Å². The van der Waals surface area contributed by atoms with Gasteiger partial charge in [-0.25, -0.2) is 0 Å². The third kappa shape index (κ3) is 5.24. The summed E-state index contributed by atoms with van der Waals surface area (Å²) < 4.78 is 10.9. The maximum Gasteiger partial charge on any atom is 0.237 e. The monoisotopic (exact) mass is 378 g/mol. The van der Waals surface area contributed by atoms with E-state index in [9.17, 15) is 4.79 Å². The van der Waals surface area contributed by atoms with Gasteiger partial charge in [0.15, 0.2) is 0 Å². The largest absolute Gasteiger partial charge is 0.496 e. The first-order valence-electron chi connectivity index (χ1n) is 9.37. The van der Waals surface area contributed by atoms with Crippen LogP contribution in [0.2, 0.25) is 0 Å². The van der Waals surface area contributed by atoms with E-state index in [1.807, 2.05) is 73.7 Å². The molecule has 0 bridgehead atoms. The molecule has 1 amide bonds. The number of ether oxygens (including phenoxy) is 1. The van der Waals surface area contributed by atoms with Crippen LogP contribution in [0.25, 0.3) is 0 Å². The van der Waals surface area contributed by atoms with E-state index in [1.165, 1.54) is 0 Å². The zero-order valence-electron chi connectivity index (χ0n) is 16.3. The van der Waals surface area contributed by atoms with Gasteiger partial charge in [0.1, 0.15) is 11.5 Å². The van der Waals surface area contributed by atoms with Gasteiger partial charge in [-0.05, 0) is 30.7 Å². The van der Waals surface area contributed by atoms with Gasteiger partial charge in [-0.1, -0.05) is 48.5 Å². The predicted molar refractivity (Wildman–Crippen MR) is 109 cm³/mol. The van der Waals surface area contributed by atoms with Crippen molar-refractivity contribution in [1.29, 1.82) is 0 Å². The summed E-state index contributed by atoms with van der Waals surface area (Å²) in [5, 5.41) is 3.32. The van der Waals surface area contributed by atoms with Crippen LogP contribution < -0.4 is 10.1 Å². The number of para-hydroxylation sites is 1. The molecule has 2 aromatic carbocycles. The number of benzene rings is 2. The number of carbonyl (C=O) groups excluding carboxylic acids is 1. The predicted octanol–water partition coefficient (Wildman–Crippen LogP) is 4.17. The highest BCUT2D eigenvalue weighted by Crippen LogP contribution is 2.24. The molecular weight excluding hydrogens is 352 g/mol. The zero-order valence-corrected chi connectivity index (χ0v) is 16.3. The molecule has 0 radical (unpaired) electrons. The topological polar surface area (TPSA) is 54.7 Å². The normalized spacial score (nSPS) is 11.8. The average Bonchev–Trinajstić information content (AvgIpc) is 3.25. The van der Waals surface area contributed by atoms with Crippen molar-refractivity contribution in [3.8, 4) is 5.75 Å². The Morgan fingerprint density at radius 1 is 1.04 bits per heavy atom. The Labute approximate surface area is 165 Å². The van der Waals surface area contributed by atoms with Crippen molar-refractivity contribution in [3.63, 3.8) is 0 Å². The van der Waals surface area contributed by atoms with Crippen molar-refractivity contribution in [2.75, 3.05) is 13.7 Å². The molecule has 1 aromatic heterocycles. The van der Waals surface area contributed by atoms with Crippen molar-refractivity contribution in [3.05, 3.63) is 89.9 Å². The lowest BCUT2D eigenvalue weighted by Gasteiger charge is -2.24. The van der Waals surface area contributed by atoms with E-state index in [-0.39, 0.29) is 18.5 Å². The van der Waals surface area contributed by atoms with E-state index in [2.05, 4.69) is 5.32 Å². The Hall–Kier alpha value is -3.05. The molecule has 0 spiro atoms. The summed E-state index contributed by atoms with van der Waals surface area (Å²) in [7, 11) is 1.65. The number of carbonyl (C=O) groups is 1. The molecule has 1 heterocycles. The maximum absolute atomic E-state index is 13.0. The summed E-state index contributed by atoms with van der Waals surface area (Å²) in [6, 6.07) is 21.5. The van der Waals surface area contributed by atoms with Crippen molar-refractivity contribution < 1.29 is 13.9 Å². The van der Waals surface area contributed by atoms with Crippen LogP contribution >= 0.6 is 0 Å². The van der Waals surface area contributed by atoms with Crippen molar-refractivity contribution in [1.82, 2.24) is 10.2 Å². The highest BCUT2D eigenvalue weighted by atomic mass is 16.5. The summed E-state index contributed by atoms with van der Waals surface area (Å²) in [6.45, 7) is 3.22. The minimum Gasteiger partial charge on any atom is -0.496 e. The van der Waals surface area contributed by atoms with Gasteiger partial charge >= 0.3 is 0 Å². The van der Waals surface area contributed by atoms with Gasteiger partial charge in [0, 0.05) is 18.2 Å². The number of hydrogen-bond acceptors (Lipinski definition) is 4. The van der Waals surface area contributed by atoms with Crippen LogP contribution in [0, 0.1) is 0 Å². The second kappa shape index (κ2) is 9.76. The fourth-order valence-electron chi connectivity index (χ4n) is 3.11. The van der Waals surface area contributed by atoms with Crippen molar-refractivity contribution >= 4 is 5.91 Å². The van der Waals surface area contributed by atoms with Crippen LogP contribution in [0.15, 0.2) is 77.4 Å². The van der Waals surface area contributed by atoms with E-state index >= 15 is 0 Å². The minimum absolute atomic E-state index is 0.0118. The number of hydrogen-bond donors (Lipinski definition) is 1. The molecule has 0 saturated heterocycles. The smallest absolute Gasteiger partial charge is 0.237 e. The minimum atomic E-state index is -0.0118. The summed E-state index contributed by atoms with van der Waals surface area (Å²) in [6.07, 6.45) is 1.63. The molecule has 5 nitrogen and oxygen atoms in total. The molecule has 0 aliphatic heterocycles. The molecule has 146 valence electrons. The Bertz CT molecular complexity index is 863. The molecule has 5 heteroatoms. The lowest BCUT2D eigenvalue weighted by Crippen LogP contribution is -2.38. The molecule has 0 aliphatic carbocycles. The van der Waals surface area contributed by atoms with Gasteiger partial charge in [0.2, 0.25) is 5.91 Å². The number of amides is 1. The summed E-state index contributed by atoms with van der Waals surface area (Å²) >= 11 is 0. The summed E-state index contributed by atoms with van der Waals surface area (Å²) in [5.41, 5.74) is 2.11. The molecule has 28 heavy (non-hydrogen) atoms. The van der Waals surface area contributed by atoms with E-state index < -0.39 is 0 Å². The van der Waals surface area contributed by atoms with Crippen molar-refractivity contribution in [2.45, 2.75) is 26.1 Å².